The third kappa shape index (κ3) is 3.30. The highest BCUT2D eigenvalue weighted by atomic mass is 16.4. The Hall–Kier alpha value is -1.14. The first-order chi connectivity index (χ1) is 9.52. The van der Waals surface area contributed by atoms with E-state index >= 15 is 0 Å². The zero-order valence-corrected chi connectivity index (χ0v) is 12.0. The quantitative estimate of drug-likeness (QED) is 0.776. The number of carbonyl (C=O) groups excluding carboxylic acids is 1. The van der Waals surface area contributed by atoms with Gasteiger partial charge in [-0.15, -0.1) is 0 Å². The summed E-state index contributed by atoms with van der Waals surface area (Å²) in [6.07, 6.45) is 3.71. The van der Waals surface area contributed by atoms with E-state index in [2.05, 4.69) is 6.92 Å². The van der Waals surface area contributed by atoms with Crippen LogP contribution in [0.25, 0.3) is 0 Å². The molecule has 0 spiro atoms. The number of aliphatic hydroxyl groups is 1. The molecule has 2 aliphatic heterocycles. The van der Waals surface area contributed by atoms with E-state index in [0.29, 0.717) is 0 Å². The normalized spacial score (nSPS) is 31.5. The molecule has 0 aromatic rings. The van der Waals surface area contributed by atoms with E-state index in [9.17, 15) is 14.7 Å². The molecule has 0 saturated carbocycles. The van der Waals surface area contributed by atoms with Crippen molar-refractivity contribution in [1.82, 2.24) is 9.80 Å². The molecule has 2 N–H and O–H groups in total. The molecule has 2 aliphatic rings. The van der Waals surface area contributed by atoms with Crippen molar-refractivity contribution in [1.29, 1.82) is 0 Å². The number of hydrogen-bond acceptors (Lipinski definition) is 4. The van der Waals surface area contributed by atoms with Gasteiger partial charge < -0.3 is 15.1 Å². The first kappa shape index (κ1) is 15.3. The zero-order chi connectivity index (χ0) is 14.7. The van der Waals surface area contributed by atoms with Gasteiger partial charge in [-0.3, -0.25) is 14.5 Å². The maximum Gasteiger partial charge on any atom is 0.321 e. The lowest BCUT2D eigenvalue weighted by Crippen LogP contribution is -2.49. The average Bonchev–Trinajstić information content (AvgIpc) is 2.79. The number of β-amino-alcohol motifs (C(OH)–C–C–N with tert-alkyl or cyclic N) is 1. The molecule has 0 aromatic heterocycles. The number of nitrogens with zero attached hydrogens (tertiary/aromatic N) is 2. The third-order valence-corrected chi connectivity index (χ3v) is 4.42. The Morgan fingerprint density at radius 1 is 1.30 bits per heavy atom. The van der Waals surface area contributed by atoms with Crippen molar-refractivity contribution >= 4 is 11.9 Å². The summed E-state index contributed by atoms with van der Waals surface area (Å²) in [5.41, 5.74) is 0. The van der Waals surface area contributed by atoms with E-state index in [1.54, 1.807) is 4.90 Å². The first-order valence-electron chi connectivity index (χ1n) is 7.47. The summed E-state index contributed by atoms with van der Waals surface area (Å²) in [7, 11) is 0. The number of likely N-dealkylation sites (tertiary alicyclic amines) is 2. The number of aliphatic carboxylic acids is 1. The van der Waals surface area contributed by atoms with Gasteiger partial charge in [-0.25, -0.2) is 0 Å². The van der Waals surface area contributed by atoms with Crippen LogP contribution in [0.5, 0.6) is 0 Å². The number of rotatable bonds is 4. The van der Waals surface area contributed by atoms with Gasteiger partial charge in [-0.1, -0.05) is 6.92 Å². The summed E-state index contributed by atoms with van der Waals surface area (Å²) >= 11 is 0. The molecule has 1 amide bonds. The standard InChI is InChI=1S/C14H24N2O4/c1-2-10-5-3-4-6-16(10)13(18)9-15-8-11(17)7-12(15)14(19)20/h10-12,17H,2-9H2,1H3,(H,19,20). The molecule has 20 heavy (non-hydrogen) atoms. The van der Waals surface area contributed by atoms with Gasteiger partial charge in [0.1, 0.15) is 6.04 Å². The van der Waals surface area contributed by atoms with Crippen LogP contribution in [0.4, 0.5) is 0 Å². The van der Waals surface area contributed by atoms with Crippen molar-refractivity contribution in [3.05, 3.63) is 0 Å². The minimum absolute atomic E-state index is 0.00287. The van der Waals surface area contributed by atoms with Crippen LogP contribution in [0.1, 0.15) is 39.0 Å². The fraction of sp³-hybridized carbons (Fsp3) is 0.857. The van der Waals surface area contributed by atoms with Crippen molar-refractivity contribution in [2.75, 3.05) is 19.6 Å². The monoisotopic (exact) mass is 284 g/mol. The molecule has 2 rings (SSSR count). The van der Waals surface area contributed by atoms with Gasteiger partial charge in [0, 0.05) is 25.6 Å². The molecule has 2 saturated heterocycles. The Morgan fingerprint density at radius 3 is 2.70 bits per heavy atom. The average molecular weight is 284 g/mol. The number of hydrogen-bond donors (Lipinski definition) is 2. The van der Waals surface area contributed by atoms with Crippen molar-refractivity contribution in [2.24, 2.45) is 0 Å². The fourth-order valence-corrected chi connectivity index (χ4v) is 3.33. The number of carboxylic acids is 1. The summed E-state index contributed by atoms with van der Waals surface area (Å²) in [4.78, 5) is 27.1. The second-order valence-corrected chi connectivity index (χ2v) is 5.82. The summed E-state index contributed by atoms with van der Waals surface area (Å²) < 4.78 is 0. The Labute approximate surface area is 119 Å². The first-order valence-corrected chi connectivity index (χ1v) is 7.47. The van der Waals surface area contributed by atoms with Crippen LogP contribution in [0.15, 0.2) is 0 Å². The second kappa shape index (κ2) is 6.54. The molecule has 0 bridgehead atoms. The van der Waals surface area contributed by atoms with Gasteiger partial charge in [-0.2, -0.15) is 0 Å². The molecule has 3 atom stereocenters. The van der Waals surface area contributed by atoms with E-state index in [-0.39, 0.29) is 31.5 Å². The van der Waals surface area contributed by atoms with Crippen molar-refractivity contribution in [3.8, 4) is 0 Å². The molecule has 2 fully saturated rings. The third-order valence-electron chi connectivity index (χ3n) is 4.42. The Bertz CT molecular complexity index is 374. The Kier molecular flexibility index (Phi) is 4.99. The van der Waals surface area contributed by atoms with Crippen LogP contribution in [-0.2, 0) is 9.59 Å². The highest BCUT2D eigenvalue weighted by molar-refractivity contribution is 5.80. The lowest BCUT2D eigenvalue weighted by atomic mass is 10.00. The van der Waals surface area contributed by atoms with E-state index in [1.807, 2.05) is 4.90 Å². The summed E-state index contributed by atoms with van der Waals surface area (Å²) in [5.74, 6) is -0.961. The van der Waals surface area contributed by atoms with Crippen LogP contribution in [0.3, 0.4) is 0 Å². The number of aliphatic hydroxyl groups excluding tert-OH is 1. The van der Waals surface area contributed by atoms with E-state index < -0.39 is 18.1 Å². The van der Waals surface area contributed by atoms with Gasteiger partial charge in [0.25, 0.3) is 0 Å². The van der Waals surface area contributed by atoms with Crippen molar-refractivity contribution in [3.63, 3.8) is 0 Å². The van der Waals surface area contributed by atoms with Gasteiger partial charge in [0.15, 0.2) is 0 Å². The predicted octanol–water partition coefficient (Wildman–Crippen LogP) is 0.297. The maximum atomic E-state index is 12.4. The molecule has 6 heteroatoms. The SMILES string of the molecule is CCC1CCCCN1C(=O)CN1CC(O)CC1C(=O)O. The van der Waals surface area contributed by atoms with Crippen molar-refractivity contribution < 1.29 is 19.8 Å². The number of amides is 1. The zero-order valence-electron chi connectivity index (χ0n) is 12.0. The molecule has 3 unspecified atom stereocenters. The van der Waals surface area contributed by atoms with Crippen molar-refractivity contribution in [2.45, 2.75) is 57.2 Å². The Morgan fingerprint density at radius 2 is 2.05 bits per heavy atom. The minimum Gasteiger partial charge on any atom is -0.480 e. The van der Waals surface area contributed by atoms with Crippen LogP contribution in [-0.4, -0.2) is 69.7 Å². The van der Waals surface area contributed by atoms with Gasteiger partial charge >= 0.3 is 5.97 Å². The molecular weight excluding hydrogens is 260 g/mol. The smallest absolute Gasteiger partial charge is 0.321 e. The lowest BCUT2D eigenvalue weighted by molar-refractivity contribution is -0.144. The molecule has 2 heterocycles. The molecule has 114 valence electrons. The highest BCUT2D eigenvalue weighted by Gasteiger charge is 2.38. The molecular formula is C14H24N2O4. The second-order valence-electron chi connectivity index (χ2n) is 5.82. The van der Waals surface area contributed by atoms with E-state index in [4.69, 9.17) is 5.11 Å². The largest absolute Gasteiger partial charge is 0.480 e. The van der Waals surface area contributed by atoms with E-state index in [1.165, 1.54) is 0 Å². The van der Waals surface area contributed by atoms with Crippen LogP contribution in [0.2, 0.25) is 0 Å². The molecule has 0 radical (unpaired) electrons. The number of carbonyl (C=O) groups is 2. The molecule has 0 aromatic carbocycles. The summed E-state index contributed by atoms with van der Waals surface area (Å²) in [5, 5.41) is 18.8. The summed E-state index contributed by atoms with van der Waals surface area (Å²) in [6.45, 7) is 3.22. The fourth-order valence-electron chi connectivity index (χ4n) is 3.33. The lowest BCUT2D eigenvalue weighted by Gasteiger charge is -2.36. The predicted molar refractivity (Wildman–Crippen MR) is 73.3 cm³/mol. The van der Waals surface area contributed by atoms with Crippen LogP contribution < -0.4 is 0 Å². The van der Waals surface area contributed by atoms with Crippen LogP contribution in [0, 0.1) is 0 Å². The molecule has 0 aliphatic carbocycles. The number of carboxylic acid groups (broad SMARTS) is 1. The van der Waals surface area contributed by atoms with E-state index in [0.717, 1.165) is 32.2 Å². The summed E-state index contributed by atoms with van der Waals surface area (Å²) in [6, 6.07) is -0.453. The highest BCUT2D eigenvalue weighted by Crippen LogP contribution is 2.22. The van der Waals surface area contributed by atoms with Gasteiger partial charge in [0.05, 0.1) is 12.6 Å². The van der Waals surface area contributed by atoms with Gasteiger partial charge in [0.2, 0.25) is 5.91 Å². The Balaban J connectivity index is 1.97. The topological polar surface area (TPSA) is 81.1 Å². The molecule has 6 nitrogen and oxygen atoms in total. The van der Waals surface area contributed by atoms with Gasteiger partial charge in [-0.05, 0) is 25.7 Å². The van der Waals surface area contributed by atoms with Crippen LogP contribution >= 0.6 is 0 Å². The minimum atomic E-state index is -0.958. The number of piperidine rings is 1. The maximum absolute atomic E-state index is 12.4.